The van der Waals surface area contributed by atoms with Gasteiger partial charge < -0.3 is 10.6 Å². The molecule has 0 spiro atoms. The molecule has 1 heterocycles. The van der Waals surface area contributed by atoms with E-state index in [4.69, 9.17) is 5.73 Å². The third kappa shape index (κ3) is 6.15. The highest BCUT2D eigenvalue weighted by Gasteiger charge is 2.24. The van der Waals surface area contributed by atoms with Gasteiger partial charge in [-0.25, -0.2) is 0 Å². The lowest BCUT2D eigenvalue weighted by Crippen LogP contribution is -2.46. The average Bonchev–Trinajstić information content (AvgIpc) is 2.63. The van der Waals surface area contributed by atoms with Crippen LogP contribution in [0.1, 0.15) is 30.4 Å². The lowest BCUT2D eigenvalue weighted by molar-refractivity contribution is -0.133. The second kappa shape index (κ2) is 10.3. The number of hydrogen-bond donors (Lipinski definition) is 1. The maximum atomic E-state index is 12.8. The fraction of sp³-hybridized carbons (Fsp3) is 0.409. The molecule has 0 saturated carbocycles. The van der Waals surface area contributed by atoms with Crippen LogP contribution in [-0.2, 0) is 17.6 Å². The van der Waals surface area contributed by atoms with Gasteiger partial charge in [-0.3, -0.25) is 4.79 Å². The minimum atomic E-state index is 0. The predicted molar refractivity (Wildman–Crippen MR) is 109 cm³/mol. The number of nitrogens with zero attached hydrogens (tertiary/aromatic N) is 1. The fourth-order valence-electron chi connectivity index (χ4n) is 3.72. The molecule has 1 unspecified atom stereocenters. The number of carbonyl (C=O) groups excluding carboxylic acids is 1. The molecule has 26 heavy (non-hydrogen) atoms. The van der Waals surface area contributed by atoms with Crippen molar-refractivity contribution in [1.29, 1.82) is 0 Å². The minimum absolute atomic E-state index is 0. The molecule has 1 fully saturated rings. The first-order valence-electron chi connectivity index (χ1n) is 9.32. The van der Waals surface area contributed by atoms with Crippen LogP contribution in [0.15, 0.2) is 60.7 Å². The van der Waals surface area contributed by atoms with Gasteiger partial charge in [0.1, 0.15) is 0 Å². The second-order valence-corrected chi connectivity index (χ2v) is 7.19. The largest absolute Gasteiger partial charge is 0.341 e. The summed E-state index contributed by atoms with van der Waals surface area (Å²) in [4.78, 5) is 14.8. The zero-order valence-electron chi connectivity index (χ0n) is 15.2. The Kier molecular flexibility index (Phi) is 8.14. The van der Waals surface area contributed by atoms with Crippen molar-refractivity contribution < 1.29 is 4.79 Å². The Hall–Kier alpha value is -1.84. The number of halogens is 1. The maximum Gasteiger partial charge on any atom is 0.222 e. The molecule has 1 aliphatic heterocycles. The van der Waals surface area contributed by atoms with E-state index in [0.29, 0.717) is 18.9 Å². The van der Waals surface area contributed by atoms with Crippen molar-refractivity contribution in [3.05, 3.63) is 71.8 Å². The number of carbonyl (C=O) groups is 1. The van der Waals surface area contributed by atoms with E-state index in [-0.39, 0.29) is 24.4 Å². The molecule has 1 atom stereocenters. The Morgan fingerprint density at radius 1 is 1.00 bits per heavy atom. The van der Waals surface area contributed by atoms with E-state index in [2.05, 4.69) is 48.5 Å². The van der Waals surface area contributed by atoms with E-state index in [0.717, 1.165) is 32.2 Å². The summed E-state index contributed by atoms with van der Waals surface area (Å²) in [6.45, 7) is 1.57. The van der Waals surface area contributed by atoms with Crippen LogP contribution < -0.4 is 5.73 Å². The van der Waals surface area contributed by atoms with Gasteiger partial charge in [-0.15, -0.1) is 12.4 Å². The van der Waals surface area contributed by atoms with Crippen LogP contribution in [0.25, 0.3) is 0 Å². The number of rotatable bonds is 6. The van der Waals surface area contributed by atoms with Gasteiger partial charge in [-0.2, -0.15) is 0 Å². The molecule has 4 heteroatoms. The SMILES string of the molecule is Cl.NC1CCCN(C(=O)CC(Cc2ccccc2)Cc2ccccc2)C1. The lowest BCUT2D eigenvalue weighted by Gasteiger charge is -2.32. The third-order valence-electron chi connectivity index (χ3n) is 5.01. The first-order valence-corrected chi connectivity index (χ1v) is 9.32. The van der Waals surface area contributed by atoms with Gasteiger partial charge in [0.05, 0.1) is 0 Å². The van der Waals surface area contributed by atoms with Crippen LogP contribution in [0.5, 0.6) is 0 Å². The standard InChI is InChI=1S/C22H28N2O.ClH/c23-21-12-7-13-24(17-21)22(25)16-20(14-18-8-3-1-4-9-18)15-19-10-5-2-6-11-19;/h1-6,8-11,20-21H,7,12-17,23H2;1H. The number of hydrogen-bond acceptors (Lipinski definition) is 2. The summed E-state index contributed by atoms with van der Waals surface area (Å²) in [5.41, 5.74) is 8.64. The summed E-state index contributed by atoms with van der Waals surface area (Å²) in [5.74, 6) is 0.572. The van der Waals surface area contributed by atoms with Gasteiger partial charge in [-0.05, 0) is 42.7 Å². The first kappa shape index (κ1) is 20.5. The van der Waals surface area contributed by atoms with Crippen LogP contribution in [0.2, 0.25) is 0 Å². The Labute approximate surface area is 163 Å². The summed E-state index contributed by atoms with van der Waals surface area (Å²) in [6, 6.07) is 21.1. The highest BCUT2D eigenvalue weighted by molar-refractivity contribution is 5.85. The maximum absolute atomic E-state index is 12.8. The Bertz CT molecular complexity index is 621. The molecule has 1 saturated heterocycles. The van der Waals surface area contributed by atoms with Gasteiger partial charge >= 0.3 is 0 Å². The quantitative estimate of drug-likeness (QED) is 0.837. The van der Waals surface area contributed by atoms with Gasteiger partial charge in [0.15, 0.2) is 0 Å². The van der Waals surface area contributed by atoms with Crippen molar-refractivity contribution in [2.24, 2.45) is 11.7 Å². The van der Waals surface area contributed by atoms with Crippen molar-refractivity contribution in [2.75, 3.05) is 13.1 Å². The molecule has 2 N–H and O–H groups in total. The van der Waals surface area contributed by atoms with E-state index in [1.54, 1.807) is 0 Å². The monoisotopic (exact) mass is 372 g/mol. The van der Waals surface area contributed by atoms with Crippen LogP contribution in [0.3, 0.4) is 0 Å². The Morgan fingerprint density at radius 3 is 2.04 bits per heavy atom. The minimum Gasteiger partial charge on any atom is -0.341 e. The van der Waals surface area contributed by atoms with E-state index >= 15 is 0 Å². The highest BCUT2D eigenvalue weighted by Crippen LogP contribution is 2.20. The number of piperidine rings is 1. The molecule has 0 radical (unpaired) electrons. The van der Waals surface area contributed by atoms with Crippen LogP contribution in [0.4, 0.5) is 0 Å². The van der Waals surface area contributed by atoms with Crippen LogP contribution in [0, 0.1) is 5.92 Å². The second-order valence-electron chi connectivity index (χ2n) is 7.19. The predicted octanol–water partition coefficient (Wildman–Crippen LogP) is 3.85. The van der Waals surface area contributed by atoms with Crippen molar-refractivity contribution in [3.8, 4) is 0 Å². The molecule has 3 rings (SSSR count). The van der Waals surface area contributed by atoms with Crippen molar-refractivity contribution in [3.63, 3.8) is 0 Å². The van der Waals surface area contributed by atoms with Gasteiger partial charge in [0, 0.05) is 25.6 Å². The molecule has 1 amide bonds. The smallest absolute Gasteiger partial charge is 0.222 e. The fourth-order valence-corrected chi connectivity index (χ4v) is 3.72. The van der Waals surface area contributed by atoms with Crippen molar-refractivity contribution in [2.45, 2.75) is 38.1 Å². The molecule has 0 aliphatic carbocycles. The number of amides is 1. The Balaban J connectivity index is 0.00000243. The molecular formula is C22H29ClN2O. The summed E-state index contributed by atoms with van der Waals surface area (Å²) >= 11 is 0. The van der Waals surface area contributed by atoms with Gasteiger partial charge in [0.25, 0.3) is 0 Å². The lowest BCUT2D eigenvalue weighted by atomic mass is 9.89. The molecule has 0 aromatic heterocycles. The topological polar surface area (TPSA) is 46.3 Å². The van der Waals surface area contributed by atoms with E-state index in [9.17, 15) is 4.79 Å². The van der Waals surface area contributed by atoms with Gasteiger partial charge in [0.2, 0.25) is 5.91 Å². The zero-order chi connectivity index (χ0) is 17.5. The first-order chi connectivity index (χ1) is 12.2. The van der Waals surface area contributed by atoms with E-state index in [1.165, 1.54) is 11.1 Å². The number of nitrogens with two attached hydrogens (primary N) is 1. The number of benzene rings is 2. The summed E-state index contributed by atoms with van der Waals surface area (Å²) in [6.07, 6.45) is 4.51. The molecule has 0 bridgehead atoms. The molecule has 2 aromatic rings. The molecule has 140 valence electrons. The summed E-state index contributed by atoms with van der Waals surface area (Å²) < 4.78 is 0. The van der Waals surface area contributed by atoms with Crippen molar-refractivity contribution >= 4 is 18.3 Å². The van der Waals surface area contributed by atoms with Crippen LogP contribution >= 0.6 is 12.4 Å². The summed E-state index contributed by atoms with van der Waals surface area (Å²) in [5, 5.41) is 0. The van der Waals surface area contributed by atoms with Gasteiger partial charge in [-0.1, -0.05) is 60.7 Å². The third-order valence-corrected chi connectivity index (χ3v) is 5.01. The van der Waals surface area contributed by atoms with E-state index in [1.807, 2.05) is 17.0 Å². The van der Waals surface area contributed by atoms with Crippen LogP contribution in [-0.4, -0.2) is 29.9 Å². The summed E-state index contributed by atoms with van der Waals surface area (Å²) in [7, 11) is 0. The zero-order valence-corrected chi connectivity index (χ0v) is 16.0. The Morgan fingerprint density at radius 2 is 1.54 bits per heavy atom. The molecule has 2 aromatic carbocycles. The highest BCUT2D eigenvalue weighted by atomic mass is 35.5. The molecule has 3 nitrogen and oxygen atoms in total. The number of likely N-dealkylation sites (tertiary alicyclic amines) is 1. The average molecular weight is 373 g/mol. The van der Waals surface area contributed by atoms with Crippen molar-refractivity contribution in [1.82, 2.24) is 4.90 Å². The normalized spacial score (nSPS) is 17.0. The molecule has 1 aliphatic rings. The van der Waals surface area contributed by atoms with E-state index < -0.39 is 0 Å². The molecular weight excluding hydrogens is 344 g/mol.